The van der Waals surface area contributed by atoms with Gasteiger partial charge >= 0.3 is 0 Å². The van der Waals surface area contributed by atoms with Crippen molar-refractivity contribution in [3.63, 3.8) is 0 Å². The van der Waals surface area contributed by atoms with E-state index in [2.05, 4.69) is 51.3 Å². The molecule has 0 aliphatic carbocycles. The molecule has 0 fully saturated rings. The van der Waals surface area contributed by atoms with E-state index >= 15 is 0 Å². The van der Waals surface area contributed by atoms with Crippen molar-refractivity contribution >= 4 is 0 Å². The summed E-state index contributed by atoms with van der Waals surface area (Å²) in [6.45, 7) is 6.47. The summed E-state index contributed by atoms with van der Waals surface area (Å²) in [5.74, 6) is 1.13. The summed E-state index contributed by atoms with van der Waals surface area (Å²) in [5.41, 5.74) is 8.88. The van der Waals surface area contributed by atoms with Crippen molar-refractivity contribution in [2.45, 2.75) is 27.2 Å². The van der Waals surface area contributed by atoms with Crippen LogP contribution in [0.3, 0.4) is 0 Å². The van der Waals surface area contributed by atoms with Crippen LogP contribution in [0.1, 0.15) is 28.2 Å². The van der Waals surface area contributed by atoms with Gasteiger partial charge in [0.25, 0.3) is 6.33 Å². The maximum absolute atomic E-state index is 4.46. The summed E-state index contributed by atoms with van der Waals surface area (Å²) < 4.78 is 4.30. The third kappa shape index (κ3) is 1.73. The third-order valence-electron chi connectivity index (χ3n) is 4.76. The van der Waals surface area contributed by atoms with E-state index < -0.39 is 0 Å². The van der Waals surface area contributed by atoms with E-state index in [4.69, 9.17) is 0 Å². The second kappa shape index (κ2) is 4.50. The van der Waals surface area contributed by atoms with Crippen molar-refractivity contribution in [2.75, 3.05) is 0 Å². The van der Waals surface area contributed by atoms with Gasteiger partial charge in [-0.3, -0.25) is 0 Å². The molecule has 3 heterocycles. The number of benzene rings is 1. The molecule has 22 heavy (non-hydrogen) atoms. The Labute approximate surface area is 130 Å². The standard InChI is InChI=1S/C18H19N4/c1-11-7-16(21(4)10-20-11)14-8-17-15(13(3)12(14)2)9-18-19-5-6-22(17)18/h5-8,10H,9H2,1-4H3/q+1. The molecule has 0 unspecified atom stereocenters. The van der Waals surface area contributed by atoms with Crippen LogP contribution in [0, 0.1) is 20.8 Å². The first-order valence-electron chi connectivity index (χ1n) is 7.54. The molecular weight excluding hydrogens is 272 g/mol. The molecular formula is C18H19N4+. The molecule has 0 N–H and O–H groups in total. The highest BCUT2D eigenvalue weighted by molar-refractivity contribution is 5.71. The predicted molar refractivity (Wildman–Crippen MR) is 85.0 cm³/mol. The van der Waals surface area contributed by atoms with E-state index in [1.165, 1.54) is 33.6 Å². The average molecular weight is 291 g/mol. The van der Waals surface area contributed by atoms with Gasteiger partial charge in [-0.25, -0.2) is 9.55 Å². The van der Waals surface area contributed by atoms with Crippen molar-refractivity contribution < 1.29 is 4.57 Å². The number of rotatable bonds is 1. The van der Waals surface area contributed by atoms with Gasteiger partial charge in [0.2, 0.25) is 0 Å². The summed E-state index contributed by atoms with van der Waals surface area (Å²) in [5, 5.41) is 0. The lowest BCUT2D eigenvalue weighted by Gasteiger charge is -2.14. The zero-order valence-electron chi connectivity index (χ0n) is 13.4. The minimum absolute atomic E-state index is 0.927. The van der Waals surface area contributed by atoms with Crippen molar-refractivity contribution in [1.82, 2.24) is 14.5 Å². The van der Waals surface area contributed by atoms with Crippen LogP contribution in [0.2, 0.25) is 0 Å². The smallest absolute Gasteiger partial charge is 0.286 e. The lowest BCUT2D eigenvalue weighted by atomic mass is 9.93. The first-order chi connectivity index (χ1) is 10.6. The second-order valence-electron chi connectivity index (χ2n) is 6.09. The first kappa shape index (κ1) is 13.2. The van der Waals surface area contributed by atoms with Crippen molar-refractivity contribution in [3.05, 3.63) is 59.1 Å². The van der Waals surface area contributed by atoms with E-state index in [0.29, 0.717) is 0 Å². The van der Waals surface area contributed by atoms with E-state index in [1.807, 2.05) is 26.5 Å². The molecule has 1 aromatic carbocycles. The van der Waals surface area contributed by atoms with Crippen molar-refractivity contribution in [2.24, 2.45) is 7.05 Å². The Bertz CT molecular complexity index is 906. The summed E-state index contributed by atoms with van der Waals surface area (Å²) in [6, 6.07) is 4.45. The molecule has 0 amide bonds. The van der Waals surface area contributed by atoms with Crippen LogP contribution in [-0.2, 0) is 13.5 Å². The van der Waals surface area contributed by atoms with Crippen molar-refractivity contribution in [3.8, 4) is 16.9 Å². The molecule has 0 atom stereocenters. The van der Waals surface area contributed by atoms with Gasteiger partial charge in [-0.2, -0.15) is 0 Å². The molecule has 0 radical (unpaired) electrons. The van der Waals surface area contributed by atoms with E-state index in [9.17, 15) is 0 Å². The molecule has 0 saturated heterocycles. The van der Waals surface area contributed by atoms with Gasteiger partial charge in [-0.15, -0.1) is 0 Å². The highest BCUT2D eigenvalue weighted by atomic mass is 15.1. The predicted octanol–water partition coefficient (Wildman–Crippen LogP) is 2.59. The number of hydrogen-bond donors (Lipinski definition) is 0. The topological polar surface area (TPSA) is 34.6 Å². The molecule has 0 bridgehead atoms. The Morgan fingerprint density at radius 2 is 1.91 bits per heavy atom. The largest absolute Gasteiger partial charge is 0.303 e. The van der Waals surface area contributed by atoms with E-state index in [-0.39, 0.29) is 0 Å². The summed E-state index contributed by atoms with van der Waals surface area (Å²) in [7, 11) is 2.05. The van der Waals surface area contributed by atoms with Crippen LogP contribution in [0.25, 0.3) is 16.9 Å². The molecule has 4 heteroatoms. The molecule has 110 valence electrons. The Hall–Kier alpha value is -2.49. The van der Waals surface area contributed by atoms with Gasteiger partial charge in [0.1, 0.15) is 11.5 Å². The third-order valence-corrected chi connectivity index (χ3v) is 4.76. The molecule has 4 rings (SSSR count). The van der Waals surface area contributed by atoms with Crippen LogP contribution >= 0.6 is 0 Å². The minimum Gasteiger partial charge on any atom is -0.303 e. The molecule has 3 aromatic rings. The fourth-order valence-electron chi connectivity index (χ4n) is 3.34. The van der Waals surface area contributed by atoms with Gasteiger partial charge in [-0.05, 0) is 36.6 Å². The zero-order chi connectivity index (χ0) is 15.4. The van der Waals surface area contributed by atoms with Crippen LogP contribution in [-0.4, -0.2) is 14.5 Å². The normalized spacial score (nSPS) is 12.4. The number of aryl methyl sites for hydroxylation is 2. The lowest BCUT2D eigenvalue weighted by molar-refractivity contribution is -0.663. The van der Waals surface area contributed by atoms with E-state index in [0.717, 1.165) is 17.9 Å². The highest BCUT2D eigenvalue weighted by Gasteiger charge is 2.24. The minimum atomic E-state index is 0.927. The zero-order valence-corrected chi connectivity index (χ0v) is 13.4. The fourth-order valence-corrected chi connectivity index (χ4v) is 3.34. The van der Waals surface area contributed by atoms with Gasteiger partial charge in [0.15, 0.2) is 5.69 Å². The summed E-state index contributed by atoms with van der Waals surface area (Å²) in [4.78, 5) is 8.83. The lowest BCUT2D eigenvalue weighted by Crippen LogP contribution is -2.31. The second-order valence-corrected chi connectivity index (χ2v) is 6.09. The monoisotopic (exact) mass is 291 g/mol. The van der Waals surface area contributed by atoms with Crippen LogP contribution < -0.4 is 4.57 Å². The molecule has 0 spiro atoms. The molecule has 4 nitrogen and oxygen atoms in total. The van der Waals surface area contributed by atoms with Gasteiger partial charge in [0.05, 0.1) is 12.7 Å². The highest BCUT2D eigenvalue weighted by Crippen LogP contribution is 2.36. The van der Waals surface area contributed by atoms with Crippen LogP contribution in [0.5, 0.6) is 0 Å². The average Bonchev–Trinajstić information content (AvgIpc) is 3.07. The van der Waals surface area contributed by atoms with Crippen molar-refractivity contribution in [1.29, 1.82) is 0 Å². The molecule has 1 aliphatic heterocycles. The maximum Gasteiger partial charge on any atom is 0.286 e. The molecule has 0 saturated carbocycles. The van der Waals surface area contributed by atoms with Gasteiger partial charge in [0, 0.05) is 37.4 Å². The fraction of sp³-hybridized carbons (Fsp3) is 0.278. The van der Waals surface area contributed by atoms with E-state index in [1.54, 1.807) is 0 Å². The van der Waals surface area contributed by atoms with Gasteiger partial charge in [-0.1, -0.05) is 4.98 Å². The number of aromatic nitrogens is 4. The van der Waals surface area contributed by atoms with Gasteiger partial charge < -0.3 is 4.57 Å². The Morgan fingerprint density at radius 1 is 1.09 bits per heavy atom. The summed E-state index contributed by atoms with van der Waals surface area (Å²) in [6.07, 6.45) is 6.74. The number of nitrogens with zero attached hydrogens (tertiary/aromatic N) is 4. The number of fused-ring (bicyclic) bond motifs is 3. The van der Waals surface area contributed by atoms with Crippen LogP contribution in [0.15, 0.2) is 30.9 Å². The quantitative estimate of drug-likeness (QED) is 0.505. The number of hydrogen-bond acceptors (Lipinski definition) is 2. The molecule has 2 aromatic heterocycles. The SMILES string of the molecule is Cc1cc(-c2cc3c(c(C)c2C)Cc2nccn2-3)[n+](C)cn1. The number of imidazole rings is 1. The Balaban J connectivity index is 2.02. The van der Waals surface area contributed by atoms with Crippen LogP contribution in [0.4, 0.5) is 0 Å². The Morgan fingerprint density at radius 3 is 2.73 bits per heavy atom. The summed E-state index contributed by atoms with van der Waals surface area (Å²) >= 11 is 0. The maximum atomic E-state index is 4.46. The molecule has 1 aliphatic rings. The Kier molecular flexibility index (Phi) is 2.70. The first-order valence-corrected chi connectivity index (χ1v) is 7.54.